The van der Waals surface area contributed by atoms with Crippen molar-refractivity contribution in [3.63, 3.8) is 0 Å². The molecule has 2 rings (SSSR count). The fourth-order valence-electron chi connectivity index (χ4n) is 1.30. The lowest BCUT2D eigenvalue weighted by Crippen LogP contribution is -2.04. The maximum Gasteiger partial charge on any atom is 0.191 e. The molecule has 0 fully saturated rings. The summed E-state index contributed by atoms with van der Waals surface area (Å²) in [6, 6.07) is 0. The average Bonchev–Trinajstić information content (AvgIpc) is 2.71. The Morgan fingerprint density at radius 2 is 2.24 bits per heavy atom. The fraction of sp³-hybridized carbons (Fsp3) is 0.300. The van der Waals surface area contributed by atoms with Gasteiger partial charge in [-0.25, -0.2) is 15.0 Å². The van der Waals surface area contributed by atoms with Crippen molar-refractivity contribution in [3.05, 3.63) is 20.7 Å². The van der Waals surface area contributed by atoms with Crippen LogP contribution in [0.2, 0.25) is 4.34 Å². The van der Waals surface area contributed by atoms with Crippen molar-refractivity contribution in [1.82, 2.24) is 15.0 Å². The quantitative estimate of drug-likeness (QED) is 0.929. The van der Waals surface area contributed by atoms with E-state index in [1.807, 2.05) is 13.8 Å². The molecule has 0 saturated carbocycles. The Kier molecular flexibility index (Phi) is 3.96. The number of nitrogens with one attached hydrogen (secondary N) is 1. The average molecular weight is 334 g/mol. The topological polar surface area (TPSA) is 50.7 Å². The molecular formula is C10H10BrClN4S. The number of hydrogen-bond donors (Lipinski definition) is 1. The third-order valence-corrected chi connectivity index (χ3v) is 4.09. The third-order valence-electron chi connectivity index (χ3n) is 2.03. The van der Waals surface area contributed by atoms with E-state index in [0.717, 1.165) is 27.5 Å². The summed E-state index contributed by atoms with van der Waals surface area (Å²) >= 11 is 10.7. The van der Waals surface area contributed by atoms with Crippen LogP contribution in [0.3, 0.4) is 0 Å². The molecule has 0 aliphatic carbocycles. The van der Waals surface area contributed by atoms with Gasteiger partial charge in [-0.3, -0.25) is 0 Å². The first-order chi connectivity index (χ1) is 8.11. The van der Waals surface area contributed by atoms with Crippen LogP contribution in [-0.4, -0.2) is 21.5 Å². The fourth-order valence-corrected chi connectivity index (χ4v) is 2.46. The number of anilines is 1. The molecule has 0 radical (unpaired) electrons. The van der Waals surface area contributed by atoms with Gasteiger partial charge in [-0.05, 0) is 29.8 Å². The van der Waals surface area contributed by atoms with Crippen LogP contribution >= 0.6 is 38.9 Å². The molecule has 0 aliphatic rings. The van der Waals surface area contributed by atoms with Gasteiger partial charge < -0.3 is 5.32 Å². The predicted octanol–water partition coefficient (Wildman–Crippen LogP) is 3.76. The minimum atomic E-state index is 0.596. The van der Waals surface area contributed by atoms with Crippen molar-refractivity contribution >= 4 is 44.7 Å². The summed E-state index contributed by atoms with van der Waals surface area (Å²) in [7, 11) is 0. The minimum absolute atomic E-state index is 0.596. The van der Waals surface area contributed by atoms with Gasteiger partial charge in [-0.15, -0.1) is 0 Å². The predicted molar refractivity (Wildman–Crippen MR) is 74.8 cm³/mol. The third kappa shape index (κ3) is 2.75. The maximum atomic E-state index is 5.86. The van der Waals surface area contributed by atoms with Gasteiger partial charge in [0.25, 0.3) is 0 Å². The number of nitrogens with zero attached hydrogens (tertiary/aromatic N) is 3. The Bertz CT molecular complexity index is 543. The van der Waals surface area contributed by atoms with Crippen LogP contribution in [0.15, 0.2) is 10.7 Å². The largest absolute Gasteiger partial charge is 0.369 e. The smallest absolute Gasteiger partial charge is 0.191 e. The van der Waals surface area contributed by atoms with Crippen molar-refractivity contribution in [2.45, 2.75) is 13.8 Å². The van der Waals surface area contributed by atoms with Crippen LogP contribution in [-0.2, 0) is 0 Å². The van der Waals surface area contributed by atoms with E-state index in [0.29, 0.717) is 10.2 Å². The number of halogens is 2. The van der Waals surface area contributed by atoms with Crippen molar-refractivity contribution in [2.24, 2.45) is 0 Å². The van der Waals surface area contributed by atoms with E-state index >= 15 is 0 Å². The van der Waals surface area contributed by atoms with Crippen LogP contribution in [0.4, 0.5) is 5.82 Å². The highest BCUT2D eigenvalue weighted by atomic mass is 79.9. The first kappa shape index (κ1) is 12.7. The van der Waals surface area contributed by atoms with Gasteiger partial charge in [-0.2, -0.15) is 0 Å². The molecular weight excluding hydrogens is 324 g/mol. The van der Waals surface area contributed by atoms with Gasteiger partial charge in [0.2, 0.25) is 0 Å². The van der Waals surface area contributed by atoms with Crippen LogP contribution in [0, 0.1) is 6.92 Å². The van der Waals surface area contributed by atoms with E-state index in [4.69, 9.17) is 11.6 Å². The highest BCUT2D eigenvalue weighted by Gasteiger charge is 2.12. The molecule has 0 atom stereocenters. The zero-order valence-corrected chi connectivity index (χ0v) is 12.4. The molecule has 1 N–H and O–H groups in total. The lowest BCUT2D eigenvalue weighted by atomic mass is 10.4. The zero-order valence-electron chi connectivity index (χ0n) is 9.29. The highest BCUT2D eigenvalue weighted by molar-refractivity contribution is 9.10. The van der Waals surface area contributed by atoms with E-state index in [1.54, 1.807) is 6.20 Å². The molecule has 17 heavy (non-hydrogen) atoms. The molecule has 0 amide bonds. The van der Waals surface area contributed by atoms with Crippen LogP contribution < -0.4 is 5.32 Å². The van der Waals surface area contributed by atoms with E-state index in [2.05, 4.69) is 36.2 Å². The summed E-state index contributed by atoms with van der Waals surface area (Å²) in [6.45, 7) is 4.74. The number of hydrogen-bond acceptors (Lipinski definition) is 5. The summed E-state index contributed by atoms with van der Waals surface area (Å²) in [5, 5.41) is 3.91. The molecule has 0 unspecified atom stereocenters. The second-order valence-corrected chi connectivity index (χ2v) is 5.75. The Balaban J connectivity index is 2.48. The molecule has 0 aliphatic heterocycles. The van der Waals surface area contributed by atoms with Crippen LogP contribution in [0.25, 0.3) is 10.8 Å². The van der Waals surface area contributed by atoms with E-state index in [-0.39, 0.29) is 0 Å². The lowest BCUT2D eigenvalue weighted by molar-refractivity contribution is 1.06. The van der Waals surface area contributed by atoms with Crippen molar-refractivity contribution in [1.29, 1.82) is 0 Å². The van der Waals surface area contributed by atoms with E-state index < -0.39 is 0 Å². The van der Waals surface area contributed by atoms with Gasteiger partial charge in [0, 0.05) is 6.54 Å². The van der Waals surface area contributed by atoms with Gasteiger partial charge in [0.1, 0.15) is 10.2 Å². The molecule has 0 aromatic carbocycles. The van der Waals surface area contributed by atoms with Crippen molar-refractivity contribution in [3.8, 4) is 10.8 Å². The first-order valence-corrected chi connectivity index (χ1v) is 7.00. The van der Waals surface area contributed by atoms with Crippen molar-refractivity contribution < 1.29 is 0 Å². The summed E-state index contributed by atoms with van der Waals surface area (Å²) in [4.78, 5) is 13.0. The molecule has 2 aromatic heterocycles. The van der Waals surface area contributed by atoms with Crippen LogP contribution in [0.1, 0.15) is 12.6 Å². The highest BCUT2D eigenvalue weighted by Crippen LogP contribution is 2.30. The molecule has 0 saturated heterocycles. The standard InChI is InChI=1S/C10H10BrClN4S/c1-3-13-8-7(11)5(2)15-9(16-8)10-14-4-6(12)17-10/h4H,3H2,1-2H3,(H,13,15,16). The van der Waals surface area contributed by atoms with Gasteiger partial charge in [0.05, 0.1) is 16.4 Å². The normalized spacial score (nSPS) is 10.6. The summed E-state index contributed by atoms with van der Waals surface area (Å²) in [6.07, 6.45) is 1.61. The summed E-state index contributed by atoms with van der Waals surface area (Å²) in [5.74, 6) is 1.37. The number of aryl methyl sites for hydroxylation is 1. The SMILES string of the molecule is CCNc1nc(-c2ncc(Cl)s2)nc(C)c1Br. The molecule has 7 heteroatoms. The second-order valence-electron chi connectivity index (χ2n) is 3.30. The van der Waals surface area contributed by atoms with Gasteiger partial charge >= 0.3 is 0 Å². The van der Waals surface area contributed by atoms with Crippen molar-refractivity contribution in [2.75, 3.05) is 11.9 Å². The van der Waals surface area contributed by atoms with E-state index in [1.165, 1.54) is 11.3 Å². The minimum Gasteiger partial charge on any atom is -0.369 e. The Hall–Kier alpha value is -0.720. The molecule has 2 heterocycles. The number of thiazole rings is 1. The second kappa shape index (κ2) is 5.29. The summed E-state index contributed by atoms with van der Waals surface area (Å²) < 4.78 is 1.51. The molecule has 90 valence electrons. The Morgan fingerprint density at radius 1 is 1.47 bits per heavy atom. The molecule has 0 spiro atoms. The summed E-state index contributed by atoms with van der Waals surface area (Å²) in [5.41, 5.74) is 0.872. The van der Waals surface area contributed by atoms with E-state index in [9.17, 15) is 0 Å². The maximum absolute atomic E-state index is 5.86. The first-order valence-electron chi connectivity index (χ1n) is 5.01. The van der Waals surface area contributed by atoms with Gasteiger partial charge in [-0.1, -0.05) is 22.9 Å². The number of rotatable bonds is 3. The van der Waals surface area contributed by atoms with Gasteiger partial charge in [0.15, 0.2) is 10.8 Å². The monoisotopic (exact) mass is 332 g/mol. The number of aromatic nitrogens is 3. The Morgan fingerprint density at radius 3 is 2.82 bits per heavy atom. The molecule has 4 nitrogen and oxygen atoms in total. The molecule has 0 bridgehead atoms. The lowest BCUT2D eigenvalue weighted by Gasteiger charge is -2.08. The Labute approximate surface area is 117 Å². The van der Waals surface area contributed by atoms with Crippen LogP contribution in [0.5, 0.6) is 0 Å². The zero-order chi connectivity index (χ0) is 12.4. The molecule has 2 aromatic rings.